The largest absolute Gasteiger partial charge is 0.346 e. The summed E-state index contributed by atoms with van der Waals surface area (Å²) in [5.41, 5.74) is 1.24. The minimum Gasteiger partial charge on any atom is -0.346 e. The molecule has 0 fully saturated rings. The van der Waals surface area contributed by atoms with E-state index in [-0.39, 0.29) is 0 Å². The molecule has 0 unspecified atom stereocenters. The van der Waals surface area contributed by atoms with Crippen LogP contribution in [-0.4, -0.2) is 21.5 Å². The molecule has 0 aromatic carbocycles. The summed E-state index contributed by atoms with van der Waals surface area (Å²) in [6.07, 6.45) is 4.05. The number of thioether (sulfide) groups is 1. The Balaban J connectivity index is 2.31. The van der Waals surface area contributed by atoms with Crippen molar-refractivity contribution in [2.75, 3.05) is 11.5 Å². The molecule has 3 heteroatoms. The summed E-state index contributed by atoms with van der Waals surface area (Å²) in [5.74, 6) is 3.50. The molecule has 1 N–H and O–H groups in total. The molecule has 0 aliphatic heterocycles. The van der Waals surface area contributed by atoms with Crippen LogP contribution >= 0.6 is 11.8 Å². The molecule has 1 aromatic rings. The third-order valence-electron chi connectivity index (χ3n) is 1.75. The third kappa shape index (κ3) is 2.89. The molecule has 0 aliphatic carbocycles. The highest BCUT2D eigenvalue weighted by Gasteiger charge is 1.97. The van der Waals surface area contributed by atoms with Gasteiger partial charge in [-0.2, -0.15) is 11.8 Å². The van der Waals surface area contributed by atoms with Gasteiger partial charge in [0.15, 0.2) is 0 Å². The van der Waals surface area contributed by atoms with E-state index >= 15 is 0 Å². The van der Waals surface area contributed by atoms with Gasteiger partial charge in [0.25, 0.3) is 0 Å². The van der Waals surface area contributed by atoms with Gasteiger partial charge in [-0.3, -0.25) is 0 Å². The molecule has 1 aromatic heterocycles. The van der Waals surface area contributed by atoms with Gasteiger partial charge in [0, 0.05) is 24.1 Å². The molecule has 0 amide bonds. The van der Waals surface area contributed by atoms with Gasteiger partial charge in [-0.1, -0.05) is 13.8 Å². The zero-order valence-corrected chi connectivity index (χ0v) is 8.58. The van der Waals surface area contributed by atoms with E-state index in [2.05, 4.69) is 23.8 Å². The van der Waals surface area contributed by atoms with E-state index in [1.807, 2.05) is 18.0 Å². The Morgan fingerprint density at radius 2 is 2.33 bits per heavy atom. The van der Waals surface area contributed by atoms with Crippen LogP contribution < -0.4 is 0 Å². The van der Waals surface area contributed by atoms with E-state index in [4.69, 9.17) is 0 Å². The maximum Gasteiger partial charge on any atom is 0.107 e. The molecule has 0 bridgehead atoms. The molecule has 0 saturated carbocycles. The van der Waals surface area contributed by atoms with Crippen LogP contribution in [0.25, 0.3) is 0 Å². The fourth-order valence-corrected chi connectivity index (χ4v) is 1.65. The van der Waals surface area contributed by atoms with Crippen molar-refractivity contribution in [1.29, 1.82) is 0 Å². The minimum absolute atomic E-state index is 1.05. The predicted molar refractivity (Wildman–Crippen MR) is 54.7 cm³/mol. The molecular weight excluding hydrogens is 168 g/mol. The van der Waals surface area contributed by atoms with E-state index in [0.29, 0.717) is 0 Å². The molecule has 1 rings (SSSR count). The lowest BCUT2D eigenvalue weighted by Gasteiger charge is -1.94. The van der Waals surface area contributed by atoms with Crippen molar-refractivity contribution in [2.24, 2.45) is 0 Å². The number of aromatic amines is 1. The number of imidazole rings is 1. The van der Waals surface area contributed by atoms with Gasteiger partial charge in [-0.25, -0.2) is 4.98 Å². The van der Waals surface area contributed by atoms with Crippen molar-refractivity contribution in [3.05, 3.63) is 17.7 Å². The number of rotatable bonds is 5. The zero-order chi connectivity index (χ0) is 8.81. The van der Waals surface area contributed by atoms with Crippen molar-refractivity contribution in [3.8, 4) is 0 Å². The first kappa shape index (κ1) is 9.65. The maximum atomic E-state index is 4.29. The summed E-state index contributed by atoms with van der Waals surface area (Å²) < 4.78 is 0. The van der Waals surface area contributed by atoms with Crippen LogP contribution in [0.3, 0.4) is 0 Å². The second-order valence-corrected chi connectivity index (χ2v) is 4.05. The number of nitrogens with zero attached hydrogens (tertiary/aromatic N) is 1. The Labute approximate surface area is 78.2 Å². The average molecular weight is 184 g/mol. The van der Waals surface area contributed by atoms with Crippen molar-refractivity contribution >= 4 is 11.8 Å². The Morgan fingerprint density at radius 3 is 2.92 bits per heavy atom. The summed E-state index contributed by atoms with van der Waals surface area (Å²) in [4.78, 5) is 7.59. The fraction of sp³-hybridized carbons (Fsp3) is 0.667. The number of nitrogens with one attached hydrogen (secondary N) is 1. The summed E-state index contributed by atoms with van der Waals surface area (Å²) in [6.45, 7) is 4.32. The van der Waals surface area contributed by atoms with E-state index < -0.39 is 0 Å². The monoisotopic (exact) mass is 184 g/mol. The molecular formula is C9H16N2S. The third-order valence-corrected chi connectivity index (χ3v) is 2.65. The van der Waals surface area contributed by atoms with Gasteiger partial charge >= 0.3 is 0 Å². The summed E-state index contributed by atoms with van der Waals surface area (Å²) in [6, 6.07) is 0. The first-order valence-corrected chi connectivity index (χ1v) is 5.62. The van der Waals surface area contributed by atoms with E-state index in [1.165, 1.54) is 17.2 Å². The average Bonchev–Trinajstić information content (AvgIpc) is 2.53. The smallest absolute Gasteiger partial charge is 0.107 e. The van der Waals surface area contributed by atoms with Crippen LogP contribution in [0, 0.1) is 0 Å². The highest BCUT2D eigenvalue weighted by Crippen LogP contribution is 2.04. The Bertz CT molecular complexity index is 220. The number of hydrogen-bond donors (Lipinski definition) is 1. The summed E-state index contributed by atoms with van der Waals surface area (Å²) in [5, 5.41) is 0. The summed E-state index contributed by atoms with van der Waals surface area (Å²) >= 11 is 1.96. The van der Waals surface area contributed by atoms with Crippen molar-refractivity contribution in [1.82, 2.24) is 9.97 Å². The molecule has 68 valence electrons. The van der Waals surface area contributed by atoms with Crippen LogP contribution in [0.2, 0.25) is 0 Å². The van der Waals surface area contributed by atoms with Crippen LogP contribution in [0.1, 0.15) is 25.4 Å². The van der Waals surface area contributed by atoms with Crippen LogP contribution in [-0.2, 0) is 12.8 Å². The molecule has 1 heterocycles. The lowest BCUT2D eigenvalue weighted by atomic mass is 10.4. The molecule has 2 nitrogen and oxygen atoms in total. The van der Waals surface area contributed by atoms with Gasteiger partial charge in [0.05, 0.1) is 0 Å². The van der Waals surface area contributed by atoms with Gasteiger partial charge in [0.1, 0.15) is 5.82 Å². The van der Waals surface area contributed by atoms with Crippen molar-refractivity contribution < 1.29 is 0 Å². The predicted octanol–water partition coefficient (Wildman–Crippen LogP) is 2.27. The van der Waals surface area contributed by atoms with E-state index in [1.54, 1.807) is 0 Å². The van der Waals surface area contributed by atoms with Crippen LogP contribution in [0.5, 0.6) is 0 Å². The van der Waals surface area contributed by atoms with Gasteiger partial charge in [-0.05, 0) is 12.2 Å². The first-order chi connectivity index (χ1) is 5.86. The molecule has 0 aliphatic rings. The quantitative estimate of drug-likeness (QED) is 0.711. The van der Waals surface area contributed by atoms with Crippen molar-refractivity contribution in [3.63, 3.8) is 0 Å². The Kier molecular flexibility index (Phi) is 4.22. The van der Waals surface area contributed by atoms with E-state index in [0.717, 1.165) is 18.7 Å². The SMILES string of the molecule is CCSCCc1ncc(CC)[nH]1. The Morgan fingerprint density at radius 1 is 1.50 bits per heavy atom. The molecule has 0 saturated heterocycles. The molecule has 0 atom stereocenters. The fourth-order valence-electron chi connectivity index (χ4n) is 1.03. The first-order valence-electron chi connectivity index (χ1n) is 4.47. The normalized spacial score (nSPS) is 10.5. The van der Waals surface area contributed by atoms with Crippen LogP contribution in [0.15, 0.2) is 6.20 Å². The number of aromatic nitrogens is 2. The second-order valence-electron chi connectivity index (χ2n) is 2.66. The molecule has 12 heavy (non-hydrogen) atoms. The highest BCUT2D eigenvalue weighted by molar-refractivity contribution is 7.99. The van der Waals surface area contributed by atoms with E-state index in [9.17, 15) is 0 Å². The van der Waals surface area contributed by atoms with Crippen molar-refractivity contribution in [2.45, 2.75) is 26.7 Å². The van der Waals surface area contributed by atoms with Gasteiger partial charge in [-0.15, -0.1) is 0 Å². The van der Waals surface area contributed by atoms with Gasteiger partial charge < -0.3 is 4.98 Å². The Hall–Kier alpha value is -0.440. The summed E-state index contributed by atoms with van der Waals surface area (Å²) in [7, 11) is 0. The number of hydrogen-bond acceptors (Lipinski definition) is 2. The topological polar surface area (TPSA) is 28.7 Å². The zero-order valence-electron chi connectivity index (χ0n) is 7.76. The lowest BCUT2D eigenvalue weighted by molar-refractivity contribution is 0.970. The second kappa shape index (κ2) is 5.25. The highest BCUT2D eigenvalue weighted by atomic mass is 32.2. The van der Waals surface area contributed by atoms with Gasteiger partial charge in [0.2, 0.25) is 0 Å². The lowest BCUT2D eigenvalue weighted by Crippen LogP contribution is -1.91. The minimum atomic E-state index is 1.05. The molecule has 0 spiro atoms. The number of H-pyrrole nitrogens is 1. The maximum absolute atomic E-state index is 4.29. The molecule has 0 radical (unpaired) electrons. The van der Waals surface area contributed by atoms with Crippen LogP contribution in [0.4, 0.5) is 0 Å². The number of aryl methyl sites for hydroxylation is 2. The standard InChI is InChI=1S/C9H16N2S/c1-3-8-7-10-9(11-8)5-6-12-4-2/h7H,3-6H2,1-2H3,(H,10,11).